The molecule has 1 aliphatic heterocycles. The lowest BCUT2D eigenvalue weighted by molar-refractivity contribution is -0.151. The summed E-state index contributed by atoms with van der Waals surface area (Å²) in [6.45, 7) is 3.12. The topological polar surface area (TPSA) is 55.8 Å². The van der Waals surface area contributed by atoms with Gasteiger partial charge in [-0.15, -0.1) is 0 Å². The highest BCUT2D eigenvalue weighted by atomic mass is 16.5. The van der Waals surface area contributed by atoms with E-state index in [1.807, 2.05) is 31.2 Å². The summed E-state index contributed by atoms with van der Waals surface area (Å²) in [5, 5.41) is 0. The van der Waals surface area contributed by atoms with Gasteiger partial charge >= 0.3 is 5.97 Å². The van der Waals surface area contributed by atoms with Crippen molar-refractivity contribution in [3.8, 4) is 5.75 Å². The van der Waals surface area contributed by atoms with Gasteiger partial charge < -0.3 is 14.4 Å². The summed E-state index contributed by atoms with van der Waals surface area (Å²) in [7, 11) is 1.36. The Morgan fingerprint density at radius 1 is 1.32 bits per heavy atom. The molecule has 0 aliphatic carbocycles. The van der Waals surface area contributed by atoms with Crippen LogP contribution >= 0.6 is 0 Å². The minimum absolute atomic E-state index is 0.00119. The molecule has 1 atom stereocenters. The van der Waals surface area contributed by atoms with E-state index in [9.17, 15) is 9.59 Å². The second kappa shape index (κ2) is 7.82. The Morgan fingerprint density at radius 2 is 2.09 bits per heavy atom. The Labute approximate surface area is 131 Å². The number of benzene rings is 1. The van der Waals surface area contributed by atoms with Gasteiger partial charge in [0.25, 0.3) is 0 Å². The molecule has 5 nitrogen and oxygen atoms in total. The van der Waals surface area contributed by atoms with Crippen molar-refractivity contribution in [3.63, 3.8) is 0 Å². The van der Waals surface area contributed by atoms with E-state index in [1.165, 1.54) is 7.11 Å². The molecule has 1 saturated heterocycles. The van der Waals surface area contributed by atoms with Gasteiger partial charge in [0.05, 0.1) is 13.7 Å². The van der Waals surface area contributed by atoms with E-state index in [0.717, 1.165) is 17.7 Å². The molecule has 1 unspecified atom stereocenters. The number of carbonyl (C=O) groups is 2. The Hall–Kier alpha value is -2.04. The minimum Gasteiger partial charge on any atom is -0.493 e. The van der Waals surface area contributed by atoms with Gasteiger partial charge in [-0.2, -0.15) is 0 Å². The summed E-state index contributed by atoms with van der Waals surface area (Å²) in [6.07, 6.45) is 2.57. The van der Waals surface area contributed by atoms with Gasteiger partial charge in [-0.1, -0.05) is 18.2 Å². The van der Waals surface area contributed by atoms with Crippen LogP contribution in [0.1, 0.15) is 31.2 Å². The second-order valence-electron chi connectivity index (χ2n) is 5.49. The summed E-state index contributed by atoms with van der Waals surface area (Å²) in [6, 6.07) is 7.40. The molecular weight excluding hydrogens is 282 g/mol. The fourth-order valence-corrected chi connectivity index (χ4v) is 2.71. The summed E-state index contributed by atoms with van der Waals surface area (Å²) in [5.74, 6) is 0.534. The number of methoxy groups -OCH3 is 1. The molecule has 0 N–H and O–H groups in total. The molecule has 1 aromatic rings. The van der Waals surface area contributed by atoms with Crippen LogP contribution in [0.15, 0.2) is 24.3 Å². The third-order valence-corrected chi connectivity index (χ3v) is 3.93. The molecule has 1 fully saturated rings. The molecule has 0 radical (unpaired) electrons. The van der Waals surface area contributed by atoms with E-state index in [-0.39, 0.29) is 11.9 Å². The normalized spacial score (nSPS) is 17.4. The maximum atomic E-state index is 12.2. The zero-order chi connectivity index (χ0) is 15.9. The molecule has 5 heteroatoms. The molecule has 1 aliphatic rings. The monoisotopic (exact) mass is 305 g/mol. The first-order chi connectivity index (χ1) is 10.6. The minimum atomic E-state index is -0.408. The number of hydrogen-bond donors (Lipinski definition) is 0. The van der Waals surface area contributed by atoms with Gasteiger partial charge in [0.15, 0.2) is 0 Å². The van der Waals surface area contributed by atoms with Crippen LogP contribution < -0.4 is 4.74 Å². The Balaban J connectivity index is 1.76. The highest BCUT2D eigenvalue weighted by Gasteiger charge is 2.34. The molecule has 1 amide bonds. The average Bonchev–Trinajstić information content (AvgIpc) is 3.01. The number of rotatable bonds is 6. The maximum Gasteiger partial charge on any atom is 0.328 e. The molecule has 0 spiro atoms. The highest BCUT2D eigenvalue weighted by Crippen LogP contribution is 2.20. The molecular formula is C17H23NO4. The van der Waals surface area contributed by atoms with Crippen LogP contribution in [0.2, 0.25) is 0 Å². The fourth-order valence-electron chi connectivity index (χ4n) is 2.71. The van der Waals surface area contributed by atoms with Crippen LogP contribution in [0.4, 0.5) is 0 Å². The molecule has 22 heavy (non-hydrogen) atoms. The third-order valence-electron chi connectivity index (χ3n) is 3.93. The van der Waals surface area contributed by atoms with Gasteiger partial charge in [0.1, 0.15) is 11.8 Å². The SMILES string of the molecule is COC(=O)C1CCCN1C(=O)CCCOc1ccccc1C. The quantitative estimate of drug-likeness (QED) is 0.598. The van der Waals surface area contributed by atoms with Crippen molar-refractivity contribution >= 4 is 11.9 Å². The van der Waals surface area contributed by atoms with Gasteiger partial charge in [0.2, 0.25) is 5.91 Å². The number of esters is 1. The number of amides is 1. The first-order valence-corrected chi connectivity index (χ1v) is 7.69. The summed E-state index contributed by atoms with van der Waals surface area (Å²) in [4.78, 5) is 25.5. The highest BCUT2D eigenvalue weighted by molar-refractivity contribution is 5.85. The van der Waals surface area contributed by atoms with Crippen molar-refractivity contribution in [2.24, 2.45) is 0 Å². The molecule has 120 valence electrons. The lowest BCUT2D eigenvalue weighted by Gasteiger charge is -2.22. The van der Waals surface area contributed by atoms with E-state index in [1.54, 1.807) is 4.90 Å². The number of likely N-dealkylation sites (tertiary alicyclic amines) is 1. The zero-order valence-electron chi connectivity index (χ0n) is 13.2. The van der Waals surface area contributed by atoms with Crippen LogP contribution in [0.25, 0.3) is 0 Å². The largest absolute Gasteiger partial charge is 0.493 e. The van der Waals surface area contributed by atoms with Crippen molar-refractivity contribution < 1.29 is 19.1 Å². The Kier molecular flexibility index (Phi) is 5.81. The van der Waals surface area contributed by atoms with Crippen LogP contribution in [-0.4, -0.2) is 43.1 Å². The molecule has 0 saturated carbocycles. The lowest BCUT2D eigenvalue weighted by atomic mass is 10.2. The van der Waals surface area contributed by atoms with Gasteiger partial charge in [0, 0.05) is 13.0 Å². The fraction of sp³-hybridized carbons (Fsp3) is 0.529. The zero-order valence-corrected chi connectivity index (χ0v) is 13.2. The number of para-hydroxylation sites is 1. The third kappa shape index (κ3) is 4.00. The Bertz CT molecular complexity index is 529. The number of carbonyl (C=O) groups excluding carboxylic acids is 2. The average molecular weight is 305 g/mol. The Morgan fingerprint density at radius 3 is 2.82 bits per heavy atom. The number of nitrogens with zero attached hydrogens (tertiary/aromatic N) is 1. The molecule has 2 rings (SSSR count). The van der Waals surface area contributed by atoms with Gasteiger partial charge in [-0.05, 0) is 37.8 Å². The van der Waals surface area contributed by atoms with E-state index in [4.69, 9.17) is 9.47 Å². The summed E-state index contributed by atoms with van der Waals surface area (Å²) >= 11 is 0. The molecule has 1 heterocycles. The standard InChI is InChI=1S/C17H23NO4/c1-13-7-3-4-9-15(13)22-12-6-10-16(19)18-11-5-8-14(18)17(20)21-2/h3-4,7,9,14H,5-6,8,10-12H2,1-2H3. The van der Waals surface area contributed by atoms with Gasteiger partial charge in [-0.25, -0.2) is 4.79 Å². The van der Waals surface area contributed by atoms with Crippen molar-refractivity contribution in [3.05, 3.63) is 29.8 Å². The van der Waals surface area contributed by atoms with E-state index >= 15 is 0 Å². The predicted molar refractivity (Wildman–Crippen MR) is 82.7 cm³/mol. The number of hydrogen-bond acceptors (Lipinski definition) is 4. The first-order valence-electron chi connectivity index (χ1n) is 7.69. The lowest BCUT2D eigenvalue weighted by Crippen LogP contribution is -2.41. The van der Waals surface area contributed by atoms with Crippen LogP contribution in [-0.2, 0) is 14.3 Å². The van der Waals surface area contributed by atoms with E-state index in [2.05, 4.69) is 0 Å². The van der Waals surface area contributed by atoms with Crippen molar-refractivity contribution in [2.45, 2.75) is 38.6 Å². The van der Waals surface area contributed by atoms with Crippen LogP contribution in [0.3, 0.4) is 0 Å². The molecule has 1 aromatic carbocycles. The van der Waals surface area contributed by atoms with Crippen LogP contribution in [0.5, 0.6) is 5.75 Å². The molecule has 0 aromatic heterocycles. The first kappa shape index (κ1) is 16.3. The van der Waals surface area contributed by atoms with Crippen molar-refractivity contribution in [1.82, 2.24) is 4.90 Å². The summed E-state index contributed by atoms with van der Waals surface area (Å²) in [5.41, 5.74) is 1.08. The van der Waals surface area contributed by atoms with Crippen molar-refractivity contribution in [2.75, 3.05) is 20.3 Å². The number of aryl methyl sites for hydroxylation is 1. The predicted octanol–water partition coefficient (Wildman–Crippen LogP) is 2.32. The smallest absolute Gasteiger partial charge is 0.328 e. The van der Waals surface area contributed by atoms with E-state index in [0.29, 0.717) is 32.4 Å². The summed E-state index contributed by atoms with van der Waals surface area (Å²) < 4.78 is 10.4. The molecule has 0 bridgehead atoms. The van der Waals surface area contributed by atoms with Gasteiger partial charge in [-0.3, -0.25) is 4.79 Å². The van der Waals surface area contributed by atoms with Crippen molar-refractivity contribution in [1.29, 1.82) is 0 Å². The number of ether oxygens (including phenoxy) is 2. The van der Waals surface area contributed by atoms with Crippen LogP contribution in [0, 0.1) is 6.92 Å². The second-order valence-corrected chi connectivity index (χ2v) is 5.49. The maximum absolute atomic E-state index is 12.2. The van der Waals surface area contributed by atoms with E-state index < -0.39 is 6.04 Å².